The molecule has 7 nitrogen and oxygen atoms in total. The fourth-order valence-corrected chi connectivity index (χ4v) is 2.25. The fourth-order valence-electron chi connectivity index (χ4n) is 2.05. The van der Waals surface area contributed by atoms with Gasteiger partial charge in [0.2, 0.25) is 17.1 Å². The van der Waals surface area contributed by atoms with Crippen molar-refractivity contribution < 1.29 is 9.59 Å². The molecule has 8 heteroatoms. The van der Waals surface area contributed by atoms with E-state index in [9.17, 15) is 9.59 Å². The summed E-state index contributed by atoms with van der Waals surface area (Å²) in [5, 5.41) is 2.33. The summed E-state index contributed by atoms with van der Waals surface area (Å²) in [6, 6.07) is -0.495. The van der Waals surface area contributed by atoms with Crippen molar-refractivity contribution in [3.8, 4) is 0 Å². The Bertz CT molecular complexity index is 548. The fraction of sp³-hybridized carbons (Fsp3) is 0.455. The maximum atomic E-state index is 11.8. The van der Waals surface area contributed by atoms with Gasteiger partial charge in [-0.25, -0.2) is 4.98 Å². The minimum atomic E-state index is -0.495. The normalized spacial score (nSPS) is 19.5. The summed E-state index contributed by atoms with van der Waals surface area (Å²) in [4.78, 5) is 32.9. The number of nitrogen functional groups attached to an aromatic ring is 1. The summed E-state index contributed by atoms with van der Waals surface area (Å²) in [5.74, 6) is -0.417. The van der Waals surface area contributed by atoms with Crippen molar-refractivity contribution in [1.29, 1.82) is 0 Å². The van der Waals surface area contributed by atoms with Crippen molar-refractivity contribution in [2.45, 2.75) is 26.3 Å². The number of aromatic nitrogens is 2. The molecule has 1 aromatic rings. The van der Waals surface area contributed by atoms with Crippen molar-refractivity contribution in [2.75, 3.05) is 17.2 Å². The molecule has 1 unspecified atom stereocenters. The number of carbonyl (C=O) groups is 2. The molecule has 1 fully saturated rings. The summed E-state index contributed by atoms with van der Waals surface area (Å²) in [5.41, 5.74) is 6.76. The van der Waals surface area contributed by atoms with Crippen LogP contribution in [0.5, 0.6) is 0 Å². The molecule has 2 heterocycles. The molecule has 0 aromatic carbocycles. The standard InChI is InChI=1S/C11H14ClN5O2/c1-3-6-10(19)15-7(18)4-17(6)9-8(13)5(2)14-11(12)16-9/h6H,3-4,13H2,1-2H3,(H,15,18,19). The molecule has 0 aliphatic carbocycles. The number of nitrogens with zero attached hydrogens (tertiary/aromatic N) is 3. The van der Waals surface area contributed by atoms with Gasteiger partial charge in [0.15, 0.2) is 5.82 Å². The van der Waals surface area contributed by atoms with Crippen molar-refractivity contribution in [1.82, 2.24) is 15.3 Å². The number of amides is 2. The molecule has 102 valence electrons. The van der Waals surface area contributed by atoms with Gasteiger partial charge in [-0.2, -0.15) is 4.98 Å². The van der Waals surface area contributed by atoms with E-state index in [1.807, 2.05) is 6.92 Å². The molecule has 3 N–H and O–H groups in total. The van der Waals surface area contributed by atoms with Gasteiger partial charge in [0.1, 0.15) is 6.04 Å². The van der Waals surface area contributed by atoms with Crippen LogP contribution in [0.1, 0.15) is 19.0 Å². The number of aryl methyl sites for hydroxylation is 1. The number of carbonyl (C=O) groups excluding carboxylic acids is 2. The molecule has 0 spiro atoms. The molecule has 2 rings (SSSR count). The number of nitrogens with one attached hydrogen (secondary N) is 1. The van der Waals surface area contributed by atoms with Crippen molar-refractivity contribution in [3.05, 3.63) is 11.0 Å². The smallest absolute Gasteiger partial charge is 0.249 e. The second-order valence-corrected chi connectivity index (χ2v) is 4.62. The van der Waals surface area contributed by atoms with E-state index in [1.54, 1.807) is 11.8 Å². The van der Waals surface area contributed by atoms with E-state index < -0.39 is 6.04 Å². The van der Waals surface area contributed by atoms with Gasteiger partial charge in [0, 0.05) is 0 Å². The number of imide groups is 1. The van der Waals surface area contributed by atoms with Crippen molar-refractivity contribution >= 4 is 34.9 Å². The van der Waals surface area contributed by atoms with Crippen molar-refractivity contribution in [3.63, 3.8) is 0 Å². The summed E-state index contributed by atoms with van der Waals surface area (Å²) in [6.45, 7) is 3.55. The van der Waals surface area contributed by atoms with Gasteiger partial charge in [-0.3, -0.25) is 14.9 Å². The Kier molecular flexibility index (Phi) is 3.57. The molecule has 1 saturated heterocycles. The Morgan fingerprint density at radius 3 is 2.79 bits per heavy atom. The third kappa shape index (κ3) is 2.46. The summed E-state index contributed by atoms with van der Waals surface area (Å²) in [6.07, 6.45) is 0.527. The average molecular weight is 284 g/mol. The molecular formula is C11H14ClN5O2. The van der Waals surface area contributed by atoms with Gasteiger partial charge < -0.3 is 10.6 Å². The Morgan fingerprint density at radius 2 is 2.16 bits per heavy atom. The van der Waals surface area contributed by atoms with Gasteiger partial charge in [-0.1, -0.05) is 6.92 Å². The third-order valence-electron chi connectivity index (χ3n) is 3.00. The highest BCUT2D eigenvalue weighted by Gasteiger charge is 2.34. The van der Waals surface area contributed by atoms with Crippen LogP contribution in [0, 0.1) is 6.92 Å². The second-order valence-electron chi connectivity index (χ2n) is 4.28. The molecule has 0 saturated carbocycles. The predicted molar refractivity (Wildman–Crippen MR) is 70.8 cm³/mol. The SMILES string of the molecule is CCC1C(=O)NC(=O)CN1c1nc(Cl)nc(C)c1N. The van der Waals surface area contributed by atoms with Crippen LogP contribution in [-0.4, -0.2) is 34.4 Å². The first kappa shape index (κ1) is 13.5. The number of halogens is 1. The third-order valence-corrected chi connectivity index (χ3v) is 3.17. The minimum absolute atomic E-state index is 0.0151. The molecule has 19 heavy (non-hydrogen) atoms. The first-order valence-electron chi connectivity index (χ1n) is 5.84. The van der Waals surface area contributed by atoms with Gasteiger partial charge in [0.05, 0.1) is 17.9 Å². The molecule has 1 aromatic heterocycles. The molecule has 2 amide bonds. The lowest BCUT2D eigenvalue weighted by Gasteiger charge is -2.34. The molecule has 0 bridgehead atoms. The van der Waals surface area contributed by atoms with Crippen LogP contribution in [0.15, 0.2) is 0 Å². The van der Waals surface area contributed by atoms with Crippen LogP contribution in [0.3, 0.4) is 0 Å². The maximum absolute atomic E-state index is 11.8. The lowest BCUT2D eigenvalue weighted by Crippen LogP contribution is -2.58. The lowest BCUT2D eigenvalue weighted by atomic mass is 10.1. The van der Waals surface area contributed by atoms with Crippen LogP contribution in [0.4, 0.5) is 11.5 Å². The van der Waals surface area contributed by atoms with Gasteiger partial charge in [0.25, 0.3) is 0 Å². The van der Waals surface area contributed by atoms with E-state index in [1.165, 1.54) is 0 Å². The van der Waals surface area contributed by atoms with E-state index in [4.69, 9.17) is 17.3 Å². The molecule has 1 aliphatic rings. The highest BCUT2D eigenvalue weighted by molar-refractivity contribution is 6.28. The van der Waals surface area contributed by atoms with Gasteiger partial charge >= 0.3 is 0 Å². The van der Waals surface area contributed by atoms with Crippen LogP contribution in [0.25, 0.3) is 0 Å². The minimum Gasteiger partial charge on any atom is -0.394 e. The second kappa shape index (κ2) is 5.00. The maximum Gasteiger partial charge on any atom is 0.249 e. The van der Waals surface area contributed by atoms with E-state index >= 15 is 0 Å². The van der Waals surface area contributed by atoms with Crippen LogP contribution in [-0.2, 0) is 9.59 Å². The van der Waals surface area contributed by atoms with Crippen LogP contribution >= 0.6 is 11.6 Å². The Labute approximate surface area is 115 Å². The lowest BCUT2D eigenvalue weighted by molar-refractivity contribution is -0.132. The number of hydrogen-bond acceptors (Lipinski definition) is 6. The summed E-state index contributed by atoms with van der Waals surface area (Å²) in [7, 11) is 0. The summed E-state index contributed by atoms with van der Waals surface area (Å²) < 4.78 is 0. The molecular weight excluding hydrogens is 270 g/mol. The van der Waals surface area contributed by atoms with Crippen LogP contribution in [0.2, 0.25) is 5.28 Å². The predicted octanol–water partition coefficient (Wildman–Crippen LogP) is 0.262. The van der Waals surface area contributed by atoms with Gasteiger partial charge in [-0.05, 0) is 24.9 Å². The zero-order valence-electron chi connectivity index (χ0n) is 10.6. The quantitative estimate of drug-likeness (QED) is 0.596. The number of piperazine rings is 1. The number of hydrogen-bond donors (Lipinski definition) is 2. The molecule has 1 aliphatic heterocycles. The average Bonchev–Trinajstić information content (AvgIpc) is 2.33. The van der Waals surface area contributed by atoms with E-state index in [-0.39, 0.29) is 23.6 Å². The Morgan fingerprint density at radius 1 is 1.47 bits per heavy atom. The molecule has 0 radical (unpaired) electrons. The van der Waals surface area contributed by atoms with Crippen LogP contribution < -0.4 is 16.0 Å². The Balaban J connectivity index is 2.49. The highest BCUT2D eigenvalue weighted by Crippen LogP contribution is 2.28. The molecule has 1 atom stereocenters. The first-order valence-corrected chi connectivity index (χ1v) is 6.21. The van der Waals surface area contributed by atoms with E-state index in [2.05, 4.69) is 15.3 Å². The zero-order valence-corrected chi connectivity index (χ0v) is 11.4. The number of nitrogens with two attached hydrogens (primary N) is 1. The number of rotatable bonds is 2. The zero-order chi connectivity index (χ0) is 14.2. The van der Waals surface area contributed by atoms with Gasteiger partial charge in [-0.15, -0.1) is 0 Å². The summed E-state index contributed by atoms with van der Waals surface area (Å²) >= 11 is 5.82. The van der Waals surface area contributed by atoms with Crippen molar-refractivity contribution in [2.24, 2.45) is 0 Å². The Hall–Kier alpha value is -1.89. The number of anilines is 2. The first-order chi connectivity index (χ1) is 8.93. The monoisotopic (exact) mass is 283 g/mol. The topological polar surface area (TPSA) is 101 Å². The largest absolute Gasteiger partial charge is 0.394 e. The van der Waals surface area contributed by atoms with E-state index in [0.717, 1.165) is 0 Å². The highest BCUT2D eigenvalue weighted by atomic mass is 35.5. The van der Waals surface area contributed by atoms with E-state index in [0.29, 0.717) is 23.6 Å².